The summed E-state index contributed by atoms with van der Waals surface area (Å²) < 4.78 is 27.4. The average molecular weight is 290 g/mol. The van der Waals surface area contributed by atoms with Crippen molar-refractivity contribution in [2.75, 3.05) is 6.54 Å². The molecule has 0 radical (unpaired) electrons. The van der Waals surface area contributed by atoms with Crippen molar-refractivity contribution in [3.8, 4) is 0 Å². The monoisotopic (exact) mass is 290 g/mol. The van der Waals surface area contributed by atoms with Crippen LogP contribution in [0.3, 0.4) is 0 Å². The summed E-state index contributed by atoms with van der Waals surface area (Å²) in [6.45, 7) is 3.12. The number of sulfonamides is 1. The van der Waals surface area contributed by atoms with Gasteiger partial charge >= 0.3 is 5.97 Å². The Bertz CT molecular complexity index is 574. The van der Waals surface area contributed by atoms with Crippen molar-refractivity contribution in [3.63, 3.8) is 0 Å². The molecule has 0 aliphatic heterocycles. The van der Waals surface area contributed by atoms with Crippen LogP contribution in [0, 0.1) is 0 Å². The Hall–Kier alpha value is -1.38. The zero-order valence-corrected chi connectivity index (χ0v) is 11.9. The van der Waals surface area contributed by atoms with E-state index < -0.39 is 21.6 Å². The molecule has 0 aliphatic rings. The second kappa shape index (κ2) is 5.32. The molecular formula is C11H18N2O5S. The van der Waals surface area contributed by atoms with Gasteiger partial charge in [-0.05, 0) is 19.4 Å². The minimum Gasteiger partial charge on any atom is -0.477 e. The molecular weight excluding hydrogens is 272 g/mol. The Morgan fingerprint density at radius 3 is 2.53 bits per heavy atom. The molecule has 1 heterocycles. The number of hydrogen-bond acceptors (Lipinski definition) is 4. The number of aryl methyl sites for hydroxylation is 1. The van der Waals surface area contributed by atoms with E-state index in [0.29, 0.717) is 6.42 Å². The molecule has 0 fully saturated rings. The Kier molecular flexibility index (Phi) is 4.39. The first kappa shape index (κ1) is 15.7. The lowest BCUT2D eigenvalue weighted by molar-refractivity contribution is 0.0613. The maximum Gasteiger partial charge on any atom is 0.352 e. The van der Waals surface area contributed by atoms with Crippen molar-refractivity contribution in [2.24, 2.45) is 7.05 Å². The lowest BCUT2D eigenvalue weighted by atomic mass is 10.1. The van der Waals surface area contributed by atoms with Crippen molar-refractivity contribution < 1.29 is 23.4 Å². The number of carboxylic acid groups (broad SMARTS) is 1. The van der Waals surface area contributed by atoms with E-state index in [1.807, 2.05) is 0 Å². The number of carboxylic acids is 1. The minimum atomic E-state index is -3.83. The number of nitrogens with zero attached hydrogens (tertiary/aromatic N) is 1. The average Bonchev–Trinajstić information content (AvgIpc) is 2.70. The van der Waals surface area contributed by atoms with Gasteiger partial charge in [0.05, 0.1) is 5.60 Å². The van der Waals surface area contributed by atoms with Crippen molar-refractivity contribution in [3.05, 3.63) is 18.0 Å². The van der Waals surface area contributed by atoms with Crippen LogP contribution in [0.4, 0.5) is 0 Å². The predicted molar refractivity (Wildman–Crippen MR) is 68.5 cm³/mol. The van der Waals surface area contributed by atoms with E-state index in [2.05, 4.69) is 4.72 Å². The first-order valence-electron chi connectivity index (χ1n) is 5.71. The van der Waals surface area contributed by atoms with Crippen LogP contribution >= 0.6 is 0 Å². The lowest BCUT2D eigenvalue weighted by Crippen LogP contribution is -2.39. The van der Waals surface area contributed by atoms with Crippen molar-refractivity contribution >= 4 is 16.0 Å². The van der Waals surface area contributed by atoms with Crippen LogP contribution in [-0.2, 0) is 17.1 Å². The summed E-state index contributed by atoms with van der Waals surface area (Å²) in [7, 11) is -2.38. The molecule has 0 saturated carbocycles. The summed E-state index contributed by atoms with van der Waals surface area (Å²) in [6, 6.07) is 1.07. The second-order valence-electron chi connectivity index (χ2n) is 4.65. The van der Waals surface area contributed by atoms with Gasteiger partial charge in [-0.1, -0.05) is 6.92 Å². The van der Waals surface area contributed by atoms with E-state index in [0.717, 1.165) is 6.07 Å². The topological polar surface area (TPSA) is 109 Å². The van der Waals surface area contributed by atoms with E-state index in [-0.39, 0.29) is 17.1 Å². The van der Waals surface area contributed by atoms with Gasteiger partial charge in [0.25, 0.3) is 0 Å². The third-order valence-corrected chi connectivity index (χ3v) is 4.28. The van der Waals surface area contributed by atoms with E-state index in [1.165, 1.54) is 24.7 Å². The van der Waals surface area contributed by atoms with Gasteiger partial charge in [0.2, 0.25) is 10.0 Å². The Balaban J connectivity index is 2.96. The standard InChI is InChI=1S/C11H18N2O5S/c1-4-11(2,16)7-12-19(17,18)8-5-9(10(14)15)13(3)6-8/h5-6,12,16H,4,7H2,1-3H3,(H,14,15). The quantitative estimate of drug-likeness (QED) is 0.691. The highest BCUT2D eigenvalue weighted by atomic mass is 32.2. The smallest absolute Gasteiger partial charge is 0.352 e. The molecule has 7 nitrogen and oxygen atoms in total. The highest BCUT2D eigenvalue weighted by Gasteiger charge is 2.24. The van der Waals surface area contributed by atoms with E-state index in [1.54, 1.807) is 6.92 Å². The van der Waals surface area contributed by atoms with Gasteiger partial charge in [-0.3, -0.25) is 0 Å². The molecule has 1 aromatic heterocycles. The van der Waals surface area contributed by atoms with Gasteiger partial charge < -0.3 is 14.8 Å². The fourth-order valence-corrected chi connectivity index (χ4v) is 2.58. The highest BCUT2D eigenvalue weighted by molar-refractivity contribution is 7.89. The van der Waals surface area contributed by atoms with Gasteiger partial charge in [-0.15, -0.1) is 0 Å². The van der Waals surface area contributed by atoms with Crippen molar-refractivity contribution in [1.82, 2.24) is 9.29 Å². The van der Waals surface area contributed by atoms with Gasteiger partial charge in [-0.2, -0.15) is 0 Å². The number of nitrogens with one attached hydrogen (secondary N) is 1. The molecule has 1 aromatic rings. The van der Waals surface area contributed by atoms with E-state index in [4.69, 9.17) is 5.11 Å². The van der Waals surface area contributed by atoms with Crippen LogP contribution in [0.5, 0.6) is 0 Å². The Labute approximate surface area is 111 Å². The first-order chi connectivity index (χ1) is 8.59. The van der Waals surface area contributed by atoms with E-state index >= 15 is 0 Å². The van der Waals surface area contributed by atoms with Crippen LogP contribution in [0.25, 0.3) is 0 Å². The van der Waals surface area contributed by atoms with Crippen LogP contribution in [0.2, 0.25) is 0 Å². The fourth-order valence-electron chi connectivity index (χ4n) is 1.35. The molecule has 19 heavy (non-hydrogen) atoms. The maximum absolute atomic E-state index is 12.0. The maximum atomic E-state index is 12.0. The number of aromatic carboxylic acids is 1. The number of carbonyl (C=O) groups is 1. The summed E-state index contributed by atoms with van der Waals surface area (Å²) in [5.41, 5.74) is -1.26. The summed E-state index contributed by atoms with van der Waals surface area (Å²) in [5, 5.41) is 18.6. The fraction of sp³-hybridized carbons (Fsp3) is 0.545. The van der Waals surface area contributed by atoms with Gasteiger partial charge in [0.1, 0.15) is 10.6 Å². The Morgan fingerprint density at radius 1 is 1.53 bits per heavy atom. The highest BCUT2D eigenvalue weighted by Crippen LogP contribution is 2.15. The molecule has 0 aromatic carbocycles. The molecule has 0 aliphatic carbocycles. The molecule has 1 atom stereocenters. The Morgan fingerprint density at radius 2 is 2.11 bits per heavy atom. The van der Waals surface area contributed by atoms with E-state index in [9.17, 15) is 18.3 Å². The summed E-state index contributed by atoms with van der Waals surface area (Å²) in [6.07, 6.45) is 1.61. The van der Waals surface area contributed by atoms with Gasteiger partial charge in [0, 0.05) is 19.8 Å². The molecule has 108 valence electrons. The van der Waals surface area contributed by atoms with Crippen LogP contribution in [0.15, 0.2) is 17.2 Å². The second-order valence-corrected chi connectivity index (χ2v) is 6.42. The van der Waals surface area contributed by atoms with Crippen molar-refractivity contribution in [1.29, 1.82) is 0 Å². The summed E-state index contributed by atoms with van der Waals surface area (Å²) >= 11 is 0. The molecule has 1 rings (SSSR count). The molecule has 0 amide bonds. The van der Waals surface area contributed by atoms with Crippen molar-refractivity contribution in [2.45, 2.75) is 30.8 Å². The zero-order chi connectivity index (χ0) is 14.8. The third-order valence-electron chi connectivity index (χ3n) is 2.91. The number of aromatic nitrogens is 1. The summed E-state index contributed by atoms with van der Waals surface area (Å²) in [4.78, 5) is 10.7. The molecule has 8 heteroatoms. The molecule has 1 unspecified atom stereocenters. The van der Waals surface area contributed by atoms with Crippen LogP contribution in [-0.4, -0.2) is 41.3 Å². The predicted octanol–water partition coefficient (Wildman–Crippen LogP) is 0.163. The van der Waals surface area contributed by atoms with Gasteiger partial charge in [-0.25, -0.2) is 17.9 Å². The minimum absolute atomic E-state index is 0.123. The van der Waals surface area contributed by atoms with Gasteiger partial charge in [0.15, 0.2) is 0 Å². The molecule has 3 N–H and O–H groups in total. The number of rotatable bonds is 6. The SMILES string of the molecule is CCC(C)(O)CNS(=O)(=O)c1cc(C(=O)O)n(C)c1. The largest absolute Gasteiger partial charge is 0.477 e. The zero-order valence-electron chi connectivity index (χ0n) is 11.0. The van der Waals surface area contributed by atoms with Crippen LogP contribution in [0.1, 0.15) is 30.8 Å². The molecule has 0 spiro atoms. The normalized spacial score (nSPS) is 15.2. The third kappa shape index (κ3) is 3.79. The number of aliphatic hydroxyl groups is 1. The number of hydrogen-bond donors (Lipinski definition) is 3. The molecule has 0 bridgehead atoms. The summed E-state index contributed by atoms with van der Waals surface area (Å²) in [5.74, 6) is -1.20. The molecule has 0 saturated heterocycles. The lowest BCUT2D eigenvalue weighted by Gasteiger charge is -2.21. The van der Waals surface area contributed by atoms with Crippen LogP contribution < -0.4 is 4.72 Å². The first-order valence-corrected chi connectivity index (χ1v) is 7.19.